The molecule has 2 N–H and O–H groups in total. The maximum atomic E-state index is 13.2. The summed E-state index contributed by atoms with van der Waals surface area (Å²) >= 11 is 0. The van der Waals surface area contributed by atoms with Gasteiger partial charge in [0.1, 0.15) is 11.4 Å². The second-order valence-corrected chi connectivity index (χ2v) is 12.3. The highest BCUT2D eigenvalue weighted by Gasteiger charge is 2.47. The zero-order valence-electron chi connectivity index (χ0n) is 23.4. The van der Waals surface area contributed by atoms with Crippen molar-refractivity contribution in [1.29, 1.82) is 0 Å². The Morgan fingerprint density at radius 3 is 2.54 bits per heavy atom. The first-order valence-electron chi connectivity index (χ1n) is 14.5. The van der Waals surface area contributed by atoms with Gasteiger partial charge in [0.2, 0.25) is 5.95 Å². The van der Waals surface area contributed by atoms with E-state index in [0.717, 1.165) is 56.9 Å². The SMILES string of the molecule is CC1CCC2C(C1)c1c(c3ccccc3c3nc4cc(C(=O)Nc5nc6ccccc6[nH]5)ccc4nc13)OC2(C)C. The van der Waals surface area contributed by atoms with E-state index in [2.05, 4.69) is 54.3 Å². The minimum absolute atomic E-state index is 0.249. The number of aromatic amines is 1. The molecule has 7 heteroatoms. The predicted molar refractivity (Wildman–Crippen MR) is 163 cm³/mol. The summed E-state index contributed by atoms with van der Waals surface area (Å²) in [6, 6.07) is 21.5. The summed E-state index contributed by atoms with van der Waals surface area (Å²) in [4.78, 5) is 31.2. The summed E-state index contributed by atoms with van der Waals surface area (Å²) in [7, 11) is 0. The number of rotatable bonds is 2. The van der Waals surface area contributed by atoms with E-state index in [4.69, 9.17) is 14.7 Å². The number of anilines is 1. The van der Waals surface area contributed by atoms with E-state index in [1.165, 1.54) is 12.0 Å². The first-order valence-corrected chi connectivity index (χ1v) is 14.5. The molecule has 1 amide bonds. The molecular formula is C34H31N5O2. The van der Waals surface area contributed by atoms with Crippen molar-refractivity contribution in [2.24, 2.45) is 11.8 Å². The molecule has 41 heavy (non-hydrogen) atoms. The molecule has 3 heterocycles. The van der Waals surface area contributed by atoms with Crippen LogP contribution < -0.4 is 10.1 Å². The molecular weight excluding hydrogens is 510 g/mol. The number of ether oxygens (including phenoxy) is 1. The molecule has 1 fully saturated rings. The number of H-pyrrole nitrogens is 1. The number of para-hydroxylation sites is 2. The Balaban J connectivity index is 1.28. The van der Waals surface area contributed by atoms with Gasteiger partial charge in [-0.05, 0) is 68.9 Å². The number of nitrogens with zero attached hydrogens (tertiary/aromatic N) is 3. The molecule has 3 unspecified atom stereocenters. The van der Waals surface area contributed by atoms with E-state index in [1.54, 1.807) is 6.07 Å². The molecule has 204 valence electrons. The van der Waals surface area contributed by atoms with E-state index in [0.29, 0.717) is 34.8 Å². The van der Waals surface area contributed by atoms with Gasteiger partial charge in [-0.15, -0.1) is 0 Å². The highest BCUT2D eigenvalue weighted by molar-refractivity contribution is 6.12. The molecule has 3 atom stereocenters. The zero-order valence-corrected chi connectivity index (χ0v) is 23.4. The third kappa shape index (κ3) is 3.79. The van der Waals surface area contributed by atoms with Gasteiger partial charge in [0.05, 0.1) is 33.1 Å². The van der Waals surface area contributed by atoms with Gasteiger partial charge in [0.15, 0.2) is 0 Å². The van der Waals surface area contributed by atoms with Crippen molar-refractivity contribution in [3.05, 3.63) is 77.9 Å². The van der Waals surface area contributed by atoms with Gasteiger partial charge in [-0.1, -0.05) is 49.7 Å². The summed E-state index contributed by atoms with van der Waals surface area (Å²) in [5, 5.41) is 4.99. The molecule has 6 aromatic rings. The third-order valence-corrected chi connectivity index (χ3v) is 9.22. The largest absolute Gasteiger partial charge is 0.487 e. The van der Waals surface area contributed by atoms with Gasteiger partial charge in [0, 0.05) is 27.8 Å². The van der Waals surface area contributed by atoms with Gasteiger partial charge in [0.25, 0.3) is 5.91 Å². The van der Waals surface area contributed by atoms with Crippen LogP contribution >= 0.6 is 0 Å². The summed E-state index contributed by atoms with van der Waals surface area (Å²) in [6.07, 6.45) is 3.50. The quantitative estimate of drug-likeness (QED) is 0.173. The lowest BCUT2D eigenvalue weighted by atomic mass is 9.64. The number of aromatic nitrogens is 4. The minimum Gasteiger partial charge on any atom is -0.487 e. The van der Waals surface area contributed by atoms with Crippen LogP contribution in [0.4, 0.5) is 5.95 Å². The average molecular weight is 542 g/mol. The maximum absolute atomic E-state index is 13.2. The van der Waals surface area contributed by atoms with Crippen molar-refractivity contribution >= 4 is 55.7 Å². The number of hydrogen-bond acceptors (Lipinski definition) is 5. The Labute approximate surface area is 237 Å². The number of nitrogens with one attached hydrogen (secondary N) is 2. The molecule has 8 rings (SSSR count). The van der Waals surface area contributed by atoms with Gasteiger partial charge >= 0.3 is 0 Å². The Hall–Kier alpha value is -4.52. The number of fused-ring (bicyclic) bond motifs is 10. The summed E-state index contributed by atoms with van der Waals surface area (Å²) in [5.41, 5.74) is 6.36. The fraction of sp³-hybridized carbons (Fsp3) is 0.294. The van der Waals surface area contributed by atoms with Crippen LogP contribution in [0.25, 0.3) is 43.9 Å². The summed E-state index contributed by atoms with van der Waals surface area (Å²) < 4.78 is 6.86. The van der Waals surface area contributed by atoms with Crippen LogP contribution in [0.1, 0.15) is 61.9 Å². The molecule has 0 bridgehead atoms. The maximum Gasteiger partial charge on any atom is 0.258 e. The number of carbonyl (C=O) groups excluding carboxylic acids is 1. The fourth-order valence-electron chi connectivity index (χ4n) is 7.23. The van der Waals surface area contributed by atoms with E-state index in [9.17, 15) is 4.79 Å². The van der Waals surface area contributed by atoms with Crippen molar-refractivity contribution in [2.45, 2.75) is 51.6 Å². The van der Waals surface area contributed by atoms with Gasteiger partial charge < -0.3 is 9.72 Å². The summed E-state index contributed by atoms with van der Waals surface area (Å²) in [5.74, 6) is 2.57. The minimum atomic E-state index is -0.252. The van der Waals surface area contributed by atoms with Gasteiger partial charge in [-0.3, -0.25) is 10.1 Å². The molecule has 0 spiro atoms. The lowest BCUT2D eigenvalue weighted by Gasteiger charge is -2.49. The van der Waals surface area contributed by atoms with Crippen LogP contribution in [0.3, 0.4) is 0 Å². The second-order valence-electron chi connectivity index (χ2n) is 12.3. The molecule has 7 nitrogen and oxygen atoms in total. The molecule has 2 aliphatic rings. The molecule has 1 aliphatic carbocycles. The van der Waals surface area contributed by atoms with Crippen molar-refractivity contribution in [3.8, 4) is 5.75 Å². The lowest BCUT2D eigenvalue weighted by Crippen LogP contribution is -2.46. The van der Waals surface area contributed by atoms with Crippen molar-refractivity contribution in [2.75, 3.05) is 5.32 Å². The van der Waals surface area contributed by atoms with Crippen LogP contribution in [0.15, 0.2) is 66.7 Å². The second kappa shape index (κ2) is 8.74. The van der Waals surface area contributed by atoms with Crippen molar-refractivity contribution < 1.29 is 9.53 Å². The van der Waals surface area contributed by atoms with E-state index >= 15 is 0 Å². The Morgan fingerprint density at radius 2 is 1.68 bits per heavy atom. The van der Waals surface area contributed by atoms with Crippen molar-refractivity contribution in [3.63, 3.8) is 0 Å². The molecule has 4 aromatic carbocycles. The zero-order chi connectivity index (χ0) is 27.9. The van der Waals surface area contributed by atoms with Crippen LogP contribution in [-0.4, -0.2) is 31.4 Å². The highest BCUT2D eigenvalue weighted by atomic mass is 16.5. The van der Waals surface area contributed by atoms with Gasteiger partial charge in [-0.25, -0.2) is 15.0 Å². The van der Waals surface area contributed by atoms with E-state index in [1.807, 2.05) is 42.5 Å². The van der Waals surface area contributed by atoms with Crippen molar-refractivity contribution in [1.82, 2.24) is 19.9 Å². The Kier molecular flexibility index (Phi) is 5.18. The lowest BCUT2D eigenvalue weighted by molar-refractivity contribution is -0.0115. The predicted octanol–water partition coefficient (Wildman–Crippen LogP) is 7.76. The Morgan fingerprint density at radius 1 is 0.902 bits per heavy atom. The first kappa shape index (κ1) is 24.3. The van der Waals surface area contributed by atoms with Gasteiger partial charge in [-0.2, -0.15) is 0 Å². The first-order chi connectivity index (χ1) is 19.9. The van der Waals surface area contributed by atoms with Crippen LogP contribution in [0.2, 0.25) is 0 Å². The number of imidazole rings is 1. The van der Waals surface area contributed by atoms with E-state index < -0.39 is 0 Å². The summed E-state index contributed by atoms with van der Waals surface area (Å²) in [6.45, 7) is 6.85. The number of amides is 1. The molecule has 1 aliphatic heterocycles. The fourth-order valence-corrected chi connectivity index (χ4v) is 7.23. The van der Waals surface area contributed by atoms with E-state index in [-0.39, 0.29) is 11.5 Å². The average Bonchev–Trinajstić information content (AvgIpc) is 3.38. The molecule has 0 saturated heterocycles. The number of hydrogen-bond donors (Lipinski definition) is 2. The third-order valence-electron chi connectivity index (χ3n) is 9.22. The standard InChI is InChI=1S/C34H31N5O2/c1-18-12-14-23-22(16-18)28-30-29(20-8-4-5-9-21(20)31(28)41-34(23,2)3)36-27-17-19(13-15-26(27)35-30)32(40)39-33-37-24-10-6-7-11-25(24)38-33/h4-11,13,15,17-18,22-23H,12,14,16H2,1-3H3,(H2,37,38,39,40). The van der Waals surface area contributed by atoms with Crippen LogP contribution in [0.5, 0.6) is 5.75 Å². The highest BCUT2D eigenvalue weighted by Crippen LogP contribution is 2.56. The smallest absolute Gasteiger partial charge is 0.258 e. The normalized spacial score (nSPS) is 21.5. The molecule has 1 saturated carbocycles. The monoisotopic (exact) mass is 541 g/mol. The van der Waals surface area contributed by atoms with Crippen LogP contribution in [-0.2, 0) is 0 Å². The molecule has 0 radical (unpaired) electrons. The topological polar surface area (TPSA) is 92.8 Å². The number of carbonyl (C=O) groups is 1. The Bertz CT molecular complexity index is 1990. The van der Waals surface area contributed by atoms with Crippen LogP contribution in [0, 0.1) is 11.8 Å². The molecule has 2 aromatic heterocycles. The number of benzene rings is 4.